The minimum Gasteiger partial charge on any atom is -0.397 e. The normalized spacial score (nSPS) is 10.3. The van der Waals surface area contributed by atoms with Gasteiger partial charge < -0.3 is 11.1 Å². The van der Waals surface area contributed by atoms with Crippen molar-refractivity contribution >= 4 is 33.0 Å². The summed E-state index contributed by atoms with van der Waals surface area (Å²) in [7, 11) is 0. The van der Waals surface area contributed by atoms with Crippen molar-refractivity contribution in [2.75, 3.05) is 11.1 Å². The van der Waals surface area contributed by atoms with Gasteiger partial charge in [0, 0.05) is 4.47 Å². The molecule has 2 aromatic carbocycles. The lowest BCUT2D eigenvalue weighted by Crippen LogP contribution is -2.00. The lowest BCUT2D eigenvalue weighted by Gasteiger charge is -2.11. The number of rotatable bonds is 2. The van der Waals surface area contributed by atoms with Crippen LogP contribution in [0.1, 0.15) is 0 Å². The Morgan fingerprint density at radius 3 is 2.24 bits per heavy atom. The zero-order valence-corrected chi connectivity index (χ0v) is 10.3. The quantitative estimate of drug-likeness (QED) is 0.821. The number of halogens is 3. The lowest BCUT2D eigenvalue weighted by molar-refractivity contribution is 0.589. The molecule has 5 heteroatoms. The van der Waals surface area contributed by atoms with Crippen molar-refractivity contribution in [1.82, 2.24) is 0 Å². The molecule has 0 unspecified atom stereocenters. The third-order valence-corrected chi connectivity index (χ3v) is 2.69. The Hall–Kier alpha value is -1.62. The van der Waals surface area contributed by atoms with Gasteiger partial charge in [-0.25, -0.2) is 8.78 Å². The van der Waals surface area contributed by atoms with Gasteiger partial charge in [-0.1, -0.05) is 28.1 Å². The third-order valence-electron chi connectivity index (χ3n) is 2.23. The predicted octanol–water partition coefficient (Wildman–Crippen LogP) is 4.05. The number of benzene rings is 2. The first-order valence-corrected chi connectivity index (χ1v) is 5.63. The maximum atomic E-state index is 13.6. The molecule has 0 aromatic heterocycles. The van der Waals surface area contributed by atoms with Gasteiger partial charge in [-0.05, 0) is 24.3 Å². The van der Waals surface area contributed by atoms with Gasteiger partial charge in [0.2, 0.25) is 0 Å². The van der Waals surface area contributed by atoms with Crippen molar-refractivity contribution in [3.8, 4) is 0 Å². The highest BCUT2D eigenvalue weighted by Gasteiger charge is 2.11. The summed E-state index contributed by atoms with van der Waals surface area (Å²) in [6.07, 6.45) is 0. The monoisotopic (exact) mass is 298 g/mol. The van der Waals surface area contributed by atoms with Crippen LogP contribution in [0.25, 0.3) is 0 Å². The van der Waals surface area contributed by atoms with Gasteiger partial charge in [0.25, 0.3) is 0 Å². The summed E-state index contributed by atoms with van der Waals surface area (Å²) >= 11 is 3.01. The fourth-order valence-electron chi connectivity index (χ4n) is 1.41. The van der Waals surface area contributed by atoms with Gasteiger partial charge in [-0.15, -0.1) is 0 Å². The number of nitrogens with two attached hydrogens (primary N) is 1. The second kappa shape index (κ2) is 4.71. The van der Waals surface area contributed by atoms with E-state index in [4.69, 9.17) is 5.73 Å². The summed E-state index contributed by atoms with van der Waals surface area (Å²) in [5, 5.41) is 2.64. The van der Waals surface area contributed by atoms with Gasteiger partial charge in [0.05, 0.1) is 11.4 Å². The molecule has 17 heavy (non-hydrogen) atoms. The largest absolute Gasteiger partial charge is 0.397 e. The van der Waals surface area contributed by atoms with Crippen LogP contribution >= 0.6 is 15.9 Å². The van der Waals surface area contributed by atoms with Crippen molar-refractivity contribution in [2.45, 2.75) is 0 Å². The molecule has 3 N–H and O–H groups in total. The SMILES string of the molecule is Nc1ccccc1Nc1c(F)cc(Br)cc1F. The van der Waals surface area contributed by atoms with E-state index in [0.29, 0.717) is 15.8 Å². The van der Waals surface area contributed by atoms with E-state index in [1.807, 2.05) is 0 Å². The fraction of sp³-hybridized carbons (Fsp3) is 0. The van der Waals surface area contributed by atoms with Crippen molar-refractivity contribution in [1.29, 1.82) is 0 Å². The zero-order chi connectivity index (χ0) is 12.4. The fourth-order valence-corrected chi connectivity index (χ4v) is 1.81. The zero-order valence-electron chi connectivity index (χ0n) is 8.68. The first-order chi connectivity index (χ1) is 8.08. The number of para-hydroxylation sites is 2. The lowest BCUT2D eigenvalue weighted by atomic mass is 10.2. The molecule has 0 amide bonds. The highest BCUT2D eigenvalue weighted by atomic mass is 79.9. The Kier molecular flexibility index (Phi) is 3.28. The number of hydrogen-bond donors (Lipinski definition) is 2. The van der Waals surface area contributed by atoms with Crippen molar-refractivity contribution < 1.29 is 8.78 Å². The van der Waals surface area contributed by atoms with Gasteiger partial charge in [0.15, 0.2) is 11.6 Å². The molecule has 88 valence electrons. The van der Waals surface area contributed by atoms with Crippen LogP contribution in [0.5, 0.6) is 0 Å². The molecule has 0 saturated heterocycles. The number of anilines is 3. The summed E-state index contributed by atoms with van der Waals surface area (Å²) in [5.41, 5.74) is 6.36. The summed E-state index contributed by atoms with van der Waals surface area (Å²) < 4.78 is 27.5. The van der Waals surface area contributed by atoms with Crippen LogP contribution < -0.4 is 11.1 Å². The van der Waals surface area contributed by atoms with Gasteiger partial charge in [-0.3, -0.25) is 0 Å². The van der Waals surface area contributed by atoms with E-state index >= 15 is 0 Å². The van der Waals surface area contributed by atoms with E-state index in [-0.39, 0.29) is 5.69 Å². The van der Waals surface area contributed by atoms with E-state index in [1.165, 1.54) is 12.1 Å². The Morgan fingerprint density at radius 2 is 1.65 bits per heavy atom. The highest BCUT2D eigenvalue weighted by molar-refractivity contribution is 9.10. The highest BCUT2D eigenvalue weighted by Crippen LogP contribution is 2.29. The minimum absolute atomic E-state index is 0.217. The average molecular weight is 299 g/mol. The van der Waals surface area contributed by atoms with Crippen LogP contribution in [0.4, 0.5) is 25.8 Å². The van der Waals surface area contributed by atoms with Crippen LogP contribution in [-0.4, -0.2) is 0 Å². The molecule has 0 atom stereocenters. The van der Waals surface area contributed by atoms with E-state index in [2.05, 4.69) is 21.2 Å². The Labute approximate surface area is 106 Å². The molecular formula is C12H9BrF2N2. The molecule has 0 aliphatic carbocycles. The topological polar surface area (TPSA) is 38.0 Å². The Balaban J connectivity index is 2.40. The summed E-state index contributed by atoms with van der Waals surface area (Å²) in [5.74, 6) is -1.36. The molecule has 0 radical (unpaired) electrons. The Bertz CT molecular complexity index is 535. The Morgan fingerprint density at radius 1 is 1.06 bits per heavy atom. The molecular weight excluding hydrogens is 290 g/mol. The third kappa shape index (κ3) is 2.55. The molecule has 0 aliphatic heterocycles. The predicted molar refractivity (Wildman–Crippen MR) is 68.2 cm³/mol. The molecule has 2 aromatic rings. The van der Waals surface area contributed by atoms with Crippen LogP contribution in [0.3, 0.4) is 0 Å². The van der Waals surface area contributed by atoms with E-state index in [0.717, 1.165) is 0 Å². The van der Waals surface area contributed by atoms with Gasteiger partial charge in [-0.2, -0.15) is 0 Å². The maximum absolute atomic E-state index is 13.6. The molecule has 2 rings (SSSR count). The second-order valence-corrected chi connectivity index (χ2v) is 4.37. The molecule has 0 aliphatic rings. The molecule has 0 bridgehead atoms. The van der Waals surface area contributed by atoms with E-state index in [9.17, 15) is 8.78 Å². The molecule has 0 heterocycles. The van der Waals surface area contributed by atoms with E-state index in [1.54, 1.807) is 24.3 Å². The van der Waals surface area contributed by atoms with Crippen molar-refractivity contribution in [3.05, 3.63) is 52.5 Å². The van der Waals surface area contributed by atoms with Gasteiger partial charge in [0.1, 0.15) is 5.69 Å². The van der Waals surface area contributed by atoms with Crippen LogP contribution in [0.2, 0.25) is 0 Å². The van der Waals surface area contributed by atoms with Crippen LogP contribution in [0.15, 0.2) is 40.9 Å². The number of nitrogen functional groups attached to an aromatic ring is 1. The molecule has 0 fully saturated rings. The summed E-state index contributed by atoms with van der Waals surface area (Å²) in [6, 6.07) is 9.14. The maximum Gasteiger partial charge on any atom is 0.150 e. The number of nitrogens with one attached hydrogen (secondary N) is 1. The second-order valence-electron chi connectivity index (χ2n) is 3.46. The van der Waals surface area contributed by atoms with Crippen LogP contribution in [0, 0.1) is 11.6 Å². The standard InChI is InChI=1S/C12H9BrF2N2/c13-7-5-8(14)12(9(15)6-7)17-11-4-2-1-3-10(11)16/h1-6,17H,16H2. The molecule has 2 nitrogen and oxygen atoms in total. The average Bonchev–Trinajstić information content (AvgIpc) is 2.25. The smallest absolute Gasteiger partial charge is 0.150 e. The summed E-state index contributed by atoms with van der Waals surface area (Å²) in [6.45, 7) is 0. The van der Waals surface area contributed by atoms with Crippen molar-refractivity contribution in [2.24, 2.45) is 0 Å². The molecule has 0 spiro atoms. The first-order valence-electron chi connectivity index (χ1n) is 4.84. The van der Waals surface area contributed by atoms with E-state index < -0.39 is 11.6 Å². The van der Waals surface area contributed by atoms with Gasteiger partial charge >= 0.3 is 0 Å². The molecule has 0 saturated carbocycles. The first kappa shape index (κ1) is 11.9. The summed E-state index contributed by atoms with van der Waals surface area (Å²) in [4.78, 5) is 0. The van der Waals surface area contributed by atoms with Crippen LogP contribution in [-0.2, 0) is 0 Å². The van der Waals surface area contributed by atoms with Crippen molar-refractivity contribution in [3.63, 3.8) is 0 Å². The minimum atomic E-state index is -0.680. The number of hydrogen-bond acceptors (Lipinski definition) is 2.